The quantitative estimate of drug-likeness (QED) is 0.794. The van der Waals surface area contributed by atoms with Gasteiger partial charge >= 0.3 is 5.97 Å². The van der Waals surface area contributed by atoms with Crippen LogP contribution in [0.25, 0.3) is 0 Å². The van der Waals surface area contributed by atoms with Gasteiger partial charge in [-0.25, -0.2) is 9.78 Å². The van der Waals surface area contributed by atoms with E-state index in [-0.39, 0.29) is 11.8 Å². The van der Waals surface area contributed by atoms with Crippen LogP contribution in [0.15, 0.2) is 12.4 Å². The first-order chi connectivity index (χ1) is 9.19. The number of aliphatic hydroxyl groups is 1. The third-order valence-corrected chi connectivity index (χ3v) is 3.99. The summed E-state index contributed by atoms with van der Waals surface area (Å²) in [7, 11) is 1.33. The molecular weight excluding hydrogens is 246 g/mol. The highest BCUT2D eigenvalue weighted by molar-refractivity contribution is 5.87. The molecule has 1 aromatic heterocycles. The number of aliphatic hydroxyl groups excluding tert-OH is 1. The minimum atomic E-state index is -0.473. The first kappa shape index (κ1) is 12.3. The molecular formula is C13H17N3O3. The fourth-order valence-electron chi connectivity index (χ4n) is 3.21. The summed E-state index contributed by atoms with van der Waals surface area (Å²) in [6.07, 6.45) is 6.52. The smallest absolute Gasteiger partial charge is 0.358 e. The minimum absolute atomic E-state index is 0.217. The molecule has 2 fully saturated rings. The van der Waals surface area contributed by atoms with Crippen molar-refractivity contribution in [2.75, 3.05) is 12.0 Å². The van der Waals surface area contributed by atoms with Gasteiger partial charge in [-0.1, -0.05) is 0 Å². The maximum absolute atomic E-state index is 11.5. The van der Waals surface area contributed by atoms with Gasteiger partial charge in [-0.3, -0.25) is 4.98 Å². The fourth-order valence-corrected chi connectivity index (χ4v) is 3.21. The van der Waals surface area contributed by atoms with Crippen molar-refractivity contribution in [1.82, 2.24) is 9.97 Å². The van der Waals surface area contributed by atoms with E-state index in [2.05, 4.69) is 19.6 Å². The van der Waals surface area contributed by atoms with Gasteiger partial charge in [0.2, 0.25) is 0 Å². The summed E-state index contributed by atoms with van der Waals surface area (Å²) in [5.41, 5.74) is 0.227. The molecule has 2 unspecified atom stereocenters. The number of hydrogen-bond acceptors (Lipinski definition) is 6. The normalized spacial score (nSPS) is 29.4. The Morgan fingerprint density at radius 3 is 2.68 bits per heavy atom. The molecule has 3 rings (SSSR count). The number of rotatable bonds is 2. The van der Waals surface area contributed by atoms with Gasteiger partial charge in [-0.2, -0.15) is 0 Å². The summed E-state index contributed by atoms with van der Waals surface area (Å²) in [5.74, 6) is 0.237. The molecule has 1 aromatic rings. The lowest BCUT2D eigenvalue weighted by Gasteiger charge is -2.37. The van der Waals surface area contributed by atoms with Crippen LogP contribution < -0.4 is 4.90 Å². The van der Waals surface area contributed by atoms with Gasteiger partial charge < -0.3 is 14.7 Å². The third kappa shape index (κ3) is 2.16. The number of piperidine rings is 1. The number of ether oxygens (including phenoxy) is 1. The van der Waals surface area contributed by atoms with E-state index in [9.17, 15) is 9.90 Å². The molecule has 0 spiro atoms. The van der Waals surface area contributed by atoms with Crippen LogP contribution in [0.5, 0.6) is 0 Å². The molecule has 2 saturated heterocycles. The number of carbonyl (C=O) groups excluding carboxylic acids is 1. The van der Waals surface area contributed by atoms with Gasteiger partial charge in [-0.05, 0) is 25.7 Å². The van der Waals surface area contributed by atoms with E-state index < -0.39 is 5.97 Å². The number of hydrogen-bond donors (Lipinski definition) is 1. The predicted octanol–water partition coefficient (Wildman–Crippen LogP) is 0.755. The van der Waals surface area contributed by atoms with E-state index in [0.717, 1.165) is 25.7 Å². The van der Waals surface area contributed by atoms with Crippen molar-refractivity contribution in [3.63, 3.8) is 0 Å². The summed E-state index contributed by atoms with van der Waals surface area (Å²) in [5, 5.41) is 9.80. The highest BCUT2D eigenvalue weighted by Crippen LogP contribution is 2.38. The van der Waals surface area contributed by atoms with Crippen molar-refractivity contribution in [2.24, 2.45) is 0 Å². The number of nitrogens with zero attached hydrogens (tertiary/aromatic N) is 3. The van der Waals surface area contributed by atoms with E-state index in [1.807, 2.05) is 0 Å². The fraction of sp³-hybridized carbons (Fsp3) is 0.615. The van der Waals surface area contributed by atoms with E-state index in [1.165, 1.54) is 13.3 Å². The topological polar surface area (TPSA) is 75.5 Å². The second-order valence-electron chi connectivity index (χ2n) is 5.17. The van der Waals surface area contributed by atoms with Crippen LogP contribution >= 0.6 is 0 Å². The van der Waals surface area contributed by atoms with E-state index in [0.29, 0.717) is 17.9 Å². The van der Waals surface area contributed by atoms with Crippen LogP contribution in [-0.2, 0) is 4.74 Å². The average molecular weight is 263 g/mol. The molecule has 2 atom stereocenters. The lowest BCUT2D eigenvalue weighted by molar-refractivity contribution is 0.0593. The summed E-state index contributed by atoms with van der Waals surface area (Å²) in [4.78, 5) is 22.1. The van der Waals surface area contributed by atoms with Crippen LogP contribution in [0.2, 0.25) is 0 Å². The van der Waals surface area contributed by atoms with Crippen LogP contribution in [-0.4, -0.2) is 46.3 Å². The SMILES string of the molecule is COC(=O)c1cncc(N2C3CCC2CC(O)C3)n1. The molecule has 0 amide bonds. The first-order valence-corrected chi connectivity index (χ1v) is 6.56. The second-order valence-corrected chi connectivity index (χ2v) is 5.17. The Morgan fingerprint density at radius 2 is 2.05 bits per heavy atom. The van der Waals surface area contributed by atoms with Crippen LogP contribution in [0.1, 0.15) is 36.2 Å². The molecule has 1 N–H and O–H groups in total. The molecule has 6 heteroatoms. The second kappa shape index (κ2) is 4.77. The molecule has 0 radical (unpaired) electrons. The highest BCUT2D eigenvalue weighted by atomic mass is 16.5. The third-order valence-electron chi connectivity index (χ3n) is 3.99. The number of esters is 1. The summed E-state index contributed by atoms with van der Waals surface area (Å²) in [6.45, 7) is 0. The van der Waals surface area contributed by atoms with Crippen molar-refractivity contribution < 1.29 is 14.6 Å². The van der Waals surface area contributed by atoms with Crippen molar-refractivity contribution in [3.8, 4) is 0 Å². The molecule has 102 valence electrons. The highest BCUT2D eigenvalue weighted by Gasteiger charge is 2.41. The summed E-state index contributed by atoms with van der Waals surface area (Å²) >= 11 is 0. The number of anilines is 1. The van der Waals surface area contributed by atoms with Crippen LogP contribution in [0, 0.1) is 0 Å². The molecule has 0 aromatic carbocycles. The molecule has 19 heavy (non-hydrogen) atoms. The largest absolute Gasteiger partial charge is 0.464 e. The van der Waals surface area contributed by atoms with Crippen molar-refractivity contribution >= 4 is 11.8 Å². The molecule has 2 aliphatic rings. The maximum atomic E-state index is 11.5. The number of aromatic nitrogens is 2. The Hall–Kier alpha value is -1.69. The standard InChI is InChI=1S/C13H17N3O3/c1-19-13(18)11-6-14-7-12(15-11)16-8-2-3-9(16)5-10(17)4-8/h6-10,17H,2-5H2,1H3. The maximum Gasteiger partial charge on any atom is 0.358 e. The average Bonchev–Trinajstić information content (AvgIpc) is 2.70. The minimum Gasteiger partial charge on any atom is -0.464 e. The van der Waals surface area contributed by atoms with Crippen molar-refractivity contribution in [2.45, 2.75) is 43.9 Å². The van der Waals surface area contributed by atoms with E-state index in [4.69, 9.17) is 0 Å². The monoisotopic (exact) mass is 263 g/mol. The Kier molecular flexibility index (Phi) is 3.10. The van der Waals surface area contributed by atoms with Crippen LogP contribution in [0.4, 0.5) is 5.82 Å². The zero-order chi connectivity index (χ0) is 13.4. The molecule has 0 saturated carbocycles. The Bertz CT molecular complexity index is 480. The molecule has 2 bridgehead atoms. The Morgan fingerprint density at radius 1 is 1.37 bits per heavy atom. The van der Waals surface area contributed by atoms with Gasteiger partial charge in [0.1, 0.15) is 5.82 Å². The van der Waals surface area contributed by atoms with Gasteiger partial charge in [0.05, 0.1) is 25.6 Å². The molecule has 3 heterocycles. The van der Waals surface area contributed by atoms with E-state index in [1.54, 1.807) is 6.20 Å². The summed E-state index contributed by atoms with van der Waals surface area (Å²) < 4.78 is 4.66. The lowest BCUT2D eigenvalue weighted by atomic mass is 10.00. The zero-order valence-electron chi connectivity index (χ0n) is 10.8. The predicted molar refractivity (Wildman–Crippen MR) is 67.9 cm³/mol. The molecule has 0 aliphatic carbocycles. The van der Waals surface area contributed by atoms with Gasteiger partial charge in [0, 0.05) is 12.1 Å². The van der Waals surface area contributed by atoms with Crippen molar-refractivity contribution in [1.29, 1.82) is 0 Å². The Labute approximate surface area is 111 Å². The number of fused-ring (bicyclic) bond motifs is 2. The first-order valence-electron chi connectivity index (χ1n) is 6.56. The number of carbonyl (C=O) groups is 1. The van der Waals surface area contributed by atoms with Gasteiger partial charge in [-0.15, -0.1) is 0 Å². The van der Waals surface area contributed by atoms with Crippen LogP contribution in [0.3, 0.4) is 0 Å². The van der Waals surface area contributed by atoms with E-state index >= 15 is 0 Å². The summed E-state index contributed by atoms with van der Waals surface area (Å²) in [6, 6.07) is 0.604. The number of methoxy groups -OCH3 is 1. The zero-order valence-corrected chi connectivity index (χ0v) is 10.8. The Balaban J connectivity index is 1.89. The lowest BCUT2D eigenvalue weighted by Crippen LogP contribution is -2.45. The van der Waals surface area contributed by atoms with Gasteiger partial charge in [0.25, 0.3) is 0 Å². The van der Waals surface area contributed by atoms with Crippen molar-refractivity contribution in [3.05, 3.63) is 18.1 Å². The van der Waals surface area contributed by atoms with Gasteiger partial charge in [0.15, 0.2) is 5.69 Å². The molecule has 2 aliphatic heterocycles. The molecule has 6 nitrogen and oxygen atoms in total.